The summed E-state index contributed by atoms with van der Waals surface area (Å²) in [5, 5.41) is 14.7. The number of rotatable bonds is 0. The van der Waals surface area contributed by atoms with Crippen LogP contribution in [-0.4, -0.2) is 16.9 Å². The Labute approximate surface area is 141 Å². The fourth-order valence-corrected chi connectivity index (χ4v) is 7.57. The molecule has 4 aliphatic rings. The number of hydrazone groups is 1. The van der Waals surface area contributed by atoms with Gasteiger partial charge in [0.25, 0.3) is 0 Å². The summed E-state index contributed by atoms with van der Waals surface area (Å²) in [6, 6.07) is 0. The second-order valence-corrected chi connectivity index (χ2v) is 9.72. The molecule has 0 aromatic heterocycles. The van der Waals surface area contributed by atoms with Crippen molar-refractivity contribution in [3.8, 4) is 0 Å². The van der Waals surface area contributed by atoms with Gasteiger partial charge < -0.3 is 10.9 Å². The molecule has 0 spiro atoms. The van der Waals surface area contributed by atoms with Crippen molar-refractivity contribution in [3.63, 3.8) is 0 Å². The number of nitrogens with two attached hydrogens (primary N) is 1. The minimum absolute atomic E-state index is 0.0553. The molecule has 0 unspecified atom stereocenters. The predicted molar refractivity (Wildman–Crippen MR) is 93.9 cm³/mol. The molecule has 0 aromatic carbocycles. The van der Waals surface area contributed by atoms with Crippen LogP contribution in [0.4, 0.5) is 0 Å². The summed E-state index contributed by atoms with van der Waals surface area (Å²) >= 11 is 0. The molecule has 0 heterocycles. The Kier molecular flexibility index (Phi) is 3.61. The molecule has 0 bridgehead atoms. The summed E-state index contributed by atoms with van der Waals surface area (Å²) in [4.78, 5) is 0. The Morgan fingerprint density at radius 3 is 2.52 bits per heavy atom. The van der Waals surface area contributed by atoms with Gasteiger partial charge in [0.05, 0.1) is 6.10 Å². The van der Waals surface area contributed by atoms with Gasteiger partial charge in [-0.2, -0.15) is 5.10 Å². The highest BCUT2D eigenvalue weighted by Crippen LogP contribution is 2.66. The summed E-state index contributed by atoms with van der Waals surface area (Å²) < 4.78 is 0. The van der Waals surface area contributed by atoms with Gasteiger partial charge in [-0.15, -0.1) is 0 Å². The fraction of sp³-hybridized carbons (Fsp3) is 0.950. The lowest BCUT2D eigenvalue weighted by atomic mass is 9.44. The Balaban J connectivity index is 1.63. The standard InChI is InChI=1S/C20H34N2O/c1-12-11-20(3)13(10-17(12)22-21)4-5-14-15-6-7-18(23)19(15,2)9-8-16(14)20/h12-16,18,23H,4-11,21H2,1-3H3/b22-17-/t12-,13+,14+,15+,16+,18-,19+,20+/m1/s1. The van der Waals surface area contributed by atoms with Crippen molar-refractivity contribution in [2.24, 2.45) is 51.4 Å². The first kappa shape index (κ1) is 15.9. The van der Waals surface area contributed by atoms with Crippen molar-refractivity contribution in [1.82, 2.24) is 0 Å². The van der Waals surface area contributed by atoms with Crippen molar-refractivity contribution in [3.05, 3.63) is 0 Å². The van der Waals surface area contributed by atoms with Crippen molar-refractivity contribution >= 4 is 5.71 Å². The minimum Gasteiger partial charge on any atom is -0.393 e. The van der Waals surface area contributed by atoms with Crippen LogP contribution < -0.4 is 5.84 Å². The SMILES string of the molecule is C[C@@H]1C[C@@]2(C)[C@@H](CC[C@@H]3[C@@H]2CC[C@]2(C)[C@H](O)CC[C@@H]32)C/C1=N/N. The van der Waals surface area contributed by atoms with Gasteiger partial charge in [-0.05, 0) is 91.8 Å². The van der Waals surface area contributed by atoms with E-state index in [0.29, 0.717) is 11.3 Å². The molecule has 4 aliphatic carbocycles. The molecular weight excluding hydrogens is 284 g/mol. The normalized spacial score (nSPS) is 57.7. The highest BCUT2D eigenvalue weighted by atomic mass is 16.3. The van der Waals surface area contributed by atoms with Gasteiger partial charge in [-0.3, -0.25) is 0 Å². The number of fused-ring (bicyclic) bond motifs is 5. The average Bonchev–Trinajstić information content (AvgIpc) is 2.82. The van der Waals surface area contributed by atoms with Crippen molar-refractivity contribution in [2.75, 3.05) is 0 Å². The van der Waals surface area contributed by atoms with E-state index >= 15 is 0 Å². The maximum atomic E-state index is 10.5. The average molecular weight is 319 g/mol. The van der Waals surface area contributed by atoms with Gasteiger partial charge in [0.2, 0.25) is 0 Å². The zero-order valence-corrected chi connectivity index (χ0v) is 15.1. The first-order valence-electron chi connectivity index (χ1n) is 9.85. The third-order valence-corrected chi connectivity index (χ3v) is 8.95. The molecule has 8 atom stereocenters. The van der Waals surface area contributed by atoms with E-state index in [1.165, 1.54) is 44.2 Å². The summed E-state index contributed by atoms with van der Waals surface area (Å²) in [6.45, 7) is 7.28. The molecule has 0 aliphatic heterocycles. The summed E-state index contributed by atoms with van der Waals surface area (Å²) in [6.07, 6.45) is 9.88. The van der Waals surface area contributed by atoms with Crippen LogP contribution in [0.2, 0.25) is 0 Å². The van der Waals surface area contributed by atoms with E-state index in [0.717, 1.165) is 36.5 Å². The molecule has 4 rings (SSSR count). The molecular formula is C20H34N2O. The van der Waals surface area contributed by atoms with Crippen molar-refractivity contribution < 1.29 is 5.11 Å². The molecule has 0 radical (unpaired) electrons. The summed E-state index contributed by atoms with van der Waals surface area (Å²) in [5.41, 5.74) is 1.92. The van der Waals surface area contributed by atoms with Crippen LogP contribution in [0.5, 0.6) is 0 Å². The van der Waals surface area contributed by atoms with Crippen LogP contribution in [0.3, 0.4) is 0 Å². The smallest absolute Gasteiger partial charge is 0.0596 e. The maximum Gasteiger partial charge on any atom is 0.0596 e. The molecule has 3 heteroatoms. The van der Waals surface area contributed by atoms with Gasteiger partial charge >= 0.3 is 0 Å². The molecule has 4 saturated carbocycles. The maximum absolute atomic E-state index is 10.5. The minimum atomic E-state index is -0.0553. The first-order chi connectivity index (χ1) is 10.9. The molecule has 0 amide bonds. The molecule has 130 valence electrons. The van der Waals surface area contributed by atoms with Crippen molar-refractivity contribution in [1.29, 1.82) is 0 Å². The van der Waals surface area contributed by atoms with Gasteiger partial charge in [-0.1, -0.05) is 20.8 Å². The van der Waals surface area contributed by atoms with E-state index in [2.05, 4.69) is 25.9 Å². The third-order valence-electron chi connectivity index (χ3n) is 8.95. The van der Waals surface area contributed by atoms with Gasteiger partial charge in [0.1, 0.15) is 0 Å². The predicted octanol–water partition coefficient (Wildman–Crippen LogP) is 3.95. The van der Waals surface area contributed by atoms with Gasteiger partial charge in [0.15, 0.2) is 0 Å². The first-order valence-corrected chi connectivity index (χ1v) is 9.85. The van der Waals surface area contributed by atoms with Crippen LogP contribution in [0, 0.1) is 40.4 Å². The van der Waals surface area contributed by atoms with Crippen LogP contribution in [0.1, 0.15) is 72.1 Å². The highest BCUT2D eigenvalue weighted by Gasteiger charge is 2.60. The quantitative estimate of drug-likeness (QED) is 0.525. The monoisotopic (exact) mass is 318 g/mol. The van der Waals surface area contributed by atoms with E-state index in [9.17, 15) is 5.11 Å². The third kappa shape index (κ3) is 2.08. The lowest BCUT2D eigenvalue weighted by Crippen LogP contribution is -2.55. The molecule has 0 saturated heterocycles. The largest absolute Gasteiger partial charge is 0.393 e. The second-order valence-electron chi connectivity index (χ2n) is 9.72. The highest BCUT2D eigenvalue weighted by molar-refractivity contribution is 5.87. The molecule has 0 aromatic rings. The van der Waals surface area contributed by atoms with Crippen LogP contribution >= 0.6 is 0 Å². The number of aliphatic hydroxyl groups excluding tert-OH is 1. The van der Waals surface area contributed by atoms with Crippen LogP contribution in [0.25, 0.3) is 0 Å². The number of hydrogen-bond acceptors (Lipinski definition) is 3. The second kappa shape index (κ2) is 5.21. The molecule has 3 N–H and O–H groups in total. The van der Waals surface area contributed by atoms with E-state index in [1.54, 1.807) is 0 Å². The zero-order valence-electron chi connectivity index (χ0n) is 15.1. The number of nitrogens with zero attached hydrogens (tertiary/aromatic N) is 1. The molecule has 4 fully saturated rings. The zero-order chi connectivity index (χ0) is 16.4. The summed E-state index contributed by atoms with van der Waals surface area (Å²) in [7, 11) is 0. The van der Waals surface area contributed by atoms with Gasteiger partial charge in [0, 0.05) is 5.71 Å². The Morgan fingerprint density at radius 1 is 1.04 bits per heavy atom. The Hall–Kier alpha value is -0.570. The number of hydrogen-bond donors (Lipinski definition) is 2. The van der Waals surface area contributed by atoms with Gasteiger partial charge in [-0.25, -0.2) is 0 Å². The van der Waals surface area contributed by atoms with Crippen LogP contribution in [0.15, 0.2) is 5.10 Å². The fourth-order valence-electron chi connectivity index (χ4n) is 7.57. The Morgan fingerprint density at radius 2 is 1.78 bits per heavy atom. The van der Waals surface area contributed by atoms with E-state index in [4.69, 9.17) is 5.84 Å². The Bertz CT molecular complexity index is 518. The van der Waals surface area contributed by atoms with E-state index in [-0.39, 0.29) is 11.5 Å². The van der Waals surface area contributed by atoms with Crippen molar-refractivity contribution in [2.45, 2.75) is 78.2 Å². The molecule has 23 heavy (non-hydrogen) atoms. The molecule has 3 nitrogen and oxygen atoms in total. The van der Waals surface area contributed by atoms with E-state index < -0.39 is 0 Å². The lowest BCUT2D eigenvalue weighted by molar-refractivity contribution is -0.116. The van der Waals surface area contributed by atoms with E-state index in [1.807, 2.05) is 0 Å². The summed E-state index contributed by atoms with van der Waals surface area (Å²) in [5.74, 6) is 9.43. The lowest BCUT2D eigenvalue weighted by Gasteiger charge is -2.61. The topological polar surface area (TPSA) is 58.6 Å². The number of aliphatic hydroxyl groups is 1. The van der Waals surface area contributed by atoms with Crippen LogP contribution in [-0.2, 0) is 0 Å².